The van der Waals surface area contributed by atoms with Crippen molar-refractivity contribution in [2.24, 2.45) is 0 Å². The fraction of sp³-hybridized carbons (Fsp3) is 0.263. The third-order valence-corrected chi connectivity index (χ3v) is 3.18. The van der Waals surface area contributed by atoms with Crippen molar-refractivity contribution < 1.29 is 14.4 Å². The van der Waals surface area contributed by atoms with Crippen molar-refractivity contribution in [1.82, 2.24) is 10.3 Å². The van der Waals surface area contributed by atoms with Gasteiger partial charge in [-0.3, -0.25) is 19.4 Å². The van der Waals surface area contributed by atoms with Crippen molar-refractivity contribution in [1.29, 1.82) is 0 Å². The fourth-order valence-corrected chi connectivity index (χ4v) is 2.18. The molecule has 0 aliphatic carbocycles. The van der Waals surface area contributed by atoms with Crippen molar-refractivity contribution >= 4 is 29.1 Å². The molecule has 0 saturated carbocycles. The Balaban J connectivity index is 2.14. The SMILES string of the molecule is CC(=O)Nc1cccc(NC(=O)c2cc(C(=O)NC(C)(C)C)ccn2)c1. The Labute approximate surface area is 152 Å². The van der Waals surface area contributed by atoms with Gasteiger partial charge in [0.15, 0.2) is 0 Å². The maximum absolute atomic E-state index is 12.4. The lowest BCUT2D eigenvalue weighted by Crippen LogP contribution is -2.40. The molecule has 0 bridgehead atoms. The van der Waals surface area contributed by atoms with Gasteiger partial charge < -0.3 is 16.0 Å². The minimum atomic E-state index is -0.449. The number of carbonyl (C=O) groups is 3. The Morgan fingerprint density at radius 2 is 1.58 bits per heavy atom. The summed E-state index contributed by atoms with van der Waals surface area (Å²) in [5, 5.41) is 8.19. The highest BCUT2D eigenvalue weighted by Crippen LogP contribution is 2.16. The molecule has 7 heteroatoms. The highest BCUT2D eigenvalue weighted by atomic mass is 16.2. The average Bonchev–Trinajstić information content (AvgIpc) is 2.53. The number of anilines is 2. The molecule has 2 aromatic rings. The maximum Gasteiger partial charge on any atom is 0.274 e. The molecule has 0 unspecified atom stereocenters. The Hall–Kier alpha value is -3.22. The Kier molecular flexibility index (Phi) is 5.71. The van der Waals surface area contributed by atoms with Crippen LogP contribution in [0.3, 0.4) is 0 Å². The third-order valence-electron chi connectivity index (χ3n) is 3.18. The molecular formula is C19H22N4O3. The lowest BCUT2D eigenvalue weighted by molar-refractivity contribution is -0.114. The second kappa shape index (κ2) is 7.77. The normalized spacial score (nSPS) is 10.8. The molecule has 3 N–H and O–H groups in total. The summed E-state index contributed by atoms with van der Waals surface area (Å²) in [6, 6.07) is 9.74. The second-order valence-corrected chi connectivity index (χ2v) is 6.85. The van der Waals surface area contributed by atoms with E-state index in [4.69, 9.17) is 0 Å². The van der Waals surface area contributed by atoms with Crippen LogP contribution in [0.15, 0.2) is 42.6 Å². The molecule has 136 valence electrons. The first-order chi connectivity index (χ1) is 12.1. The largest absolute Gasteiger partial charge is 0.347 e. The van der Waals surface area contributed by atoms with E-state index < -0.39 is 5.91 Å². The van der Waals surface area contributed by atoms with Crippen LogP contribution in [0, 0.1) is 0 Å². The summed E-state index contributed by atoms with van der Waals surface area (Å²) in [7, 11) is 0. The van der Waals surface area contributed by atoms with Crippen LogP contribution in [0.2, 0.25) is 0 Å². The van der Waals surface area contributed by atoms with Crippen molar-refractivity contribution in [2.45, 2.75) is 33.2 Å². The molecule has 0 aliphatic heterocycles. The number of nitrogens with one attached hydrogen (secondary N) is 3. The van der Waals surface area contributed by atoms with Gasteiger partial charge in [-0.15, -0.1) is 0 Å². The molecular weight excluding hydrogens is 332 g/mol. The van der Waals surface area contributed by atoms with Crippen LogP contribution in [-0.4, -0.2) is 28.2 Å². The van der Waals surface area contributed by atoms with Crippen LogP contribution in [0.4, 0.5) is 11.4 Å². The lowest BCUT2D eigenvalue weighted by atomic mass is 10.1. The summed E-state index contributed by atoms with van der Waals surface area (Å²) in [5.41, 5.74) is 1.17. The van der Waals surface area contributed by atoms with Gasteiger partial charge in [0.2, 0.25) is 5.91 Å². The molecule has 1 aromatic heterocycles. The standard InChI is InChI=1S/C19H22N4O3/c1-12(24)21-14-6-5-7-15(11-14)22-18(26)16-10-13(8-9-20-16)17(25)23-19(2,3)4/h5-11H,1-4H3,(H,21,24)(H,22,26)(H,23,25). The van der Waals surface area contributed by atoms with Gasteiger partial charge in [0.05, 0.1) is 0 Å². The zero-order chi connectivity index (χ0) is 19.3. The summed E-state index contributed by atoms with van der Waals surface area (Å²) in [5.74, 6) is -0.926. The molecule has 0 spiro atoms. The minimum absolute atomic E-state index is 0.122. The number of aromatic nitrogens is 1. The van der Waals surface area contributed by atoms with E-state index in [0.29, 0.717) is 16.9 Å². The number of amides is 3. The van der Waals surface area contributed by atoms with Crippen LogP contribution in [0.5, 0.6) is 0 Å². The van der Waals surface area contributed by atoms with Crippen LogP contribution < -0.4 is 16.0 Å². The molecule has 26 heavy (non-hydrogen) atoms. The van der Waals surface area contributed by atoms with Gasteiger partial charge in [0.25, 0.3) is 11.8 Å². The molecule has 0 aliphatic rings. The van der Waals surface area contributed by atoms with Crippen LogP contribution in [0.25, 0.3) is 0 Å². The zero-order valence-corrected chi connectivity index (χ0v) is 15.2. The van der Waals surface area contributed by atoms with E-state index >= 15 is 0 Å². The maximum atomic E-state index is 12.4. The summed E-state index contributed by atoms with van der Waals surface area (Å²) < 4.78 is 0. The first kappa shape index (κ1) is 19.1. The number of hydrogen-bond acceptors (Lipinski definition) is 4. The summed E-state index contributed by atoms with van der Waals surface area (Å²) in [4.78, 5) is 39.8. The molecule has 2 rings (SSSR count). The number of hydrogen-bond donors (Lipinski definition) is 3. The molecule has 3 amide bonds. The van der Waals surface area contributed by atoms with Crippen LogP contribution >= 0.6 is 0 Å². The minimum Gasteiger partial charge on any atom is -0.347 e. The Morgan fingerprint density at radius 1 is 0.923 bits per heavy atom. The van der Waals surface area contributed by atoms with Gasteiger partial charge in [-0.1, -0.05) is 6.07 Å². The van der Waals surface area contributed by atoms with E-state index in [2.05, 4.69) is 20.9 Å². The molecule has 0 fully saturated rings. The predicted octanol–water partition coefficient (Wildman–Crippen LogP) is 2.82. The van der Waals surface area contributed by atoms with Gasteiger partial charge in [-0.25, -0.2) is 0 Å². The predicted molar refractivity (Wildman–Crippen MR) is 100 cm³/mol. The van der Waals surface area contributed by atoms with E-state index in [-0.39, 0.29) is 23.0 Å². The van der Waals surface area contributed by atoms with Gasteiger partial charge in [0, 0.05) is 35.6 Å². The number of rotatable bonds is 4. The first-order valence-electron chi connectivity index (χ1n) is 8.11. The van der Waals surface area contributed by atoms with Crippen molar-refractivity contribution in [3.63, 3.8) is 0 Å². The third kappa shape index (κ3) is 5.70. The summed E-state index contributed by atoms with van der Waals surface area (Å²) >= 11 is 0. The van der Waals surface area contributed by atoms with Gasteiger partial charge in [0.1, 0.15) is 5.69 Å². The number of pyridine rings is 1. The van der Waals surface area contributed by atoms with Gasteiger partial charge in [-0.05, 0) is 51.1 Å². The van der Waals surface area contributed by atoms with Crippen molar-refractivity contribution in [3.05, 3.63) is 53.9 Å². The molecule has 0 atom stereocenters. The second-order valence-electron chi connectivity index (χ2n) is 6.85. The van der Waals surface area contributed by atoms with E-state index in [1.54, 1.807) is 30.3 Å². The van der Waals surface area contributed by atoms with Gasteiger partial charge in [-0.2, -0.15) is 0 Å². The number of nitrogens with zero attached hydrogens (tertiary/aromatic N) is 1. The Bertz CT molecular complexity index is 841. The molecule has 0 saturated heterocycles. The molecule has 0 radical (unpaired) electrons. The molecule has 1 heterocycles. The number of benzene rings is 1. The van der Waals surface area contributed by atoms with E-state index in [0.717, 1.165) is 0 Å². The first-order valence-corrected chi connectivity index (χ1v) is 8.11. The number of carbonyl (C=O) groups excluding carboxylic acids is 3. The van der Waals surface area contributed by atoms with E-state index in [1.807, 2.05) is 20.8 Å². The molecule has 1 aromatic carbocycles. The zero-order valence-electron chi connectivity index (χ0n) is 15.2. The van der Waals surface area contributed by atoms with Crippen LogP contribution in [-0.2, 0) is 4.79 Å². The average molecular weight is 354 g/mol. The van der Waals surface area contributed by atoms with E-state index in [1.165, 1.54) is 19.2 Å². The Morgan fingerprint density at radius 3 is 2.19 bits per heavy atom. The van der Waals surface area contributed by atoms with Crippen molar-refractivity contribution in [3.8, 4) is 0 Å². The highest BCUT2D eigenvalue weighted by Gasteiger charge is 2.17. The van der Waals surface area contributed by atoms with Gasteiger partial charge >= 0.3 is 0 Å². The highest BCUT2D eigenvalue weighted by molar-refractivity contribution is 6.05. The van der Waals surface area contributed by atoms with E-state index in [9.17, 15) is 14.4 Å². The quantitative estimate of drug-likeness (QED) is 0.786. The molecule has 7 nitrogen and oxygen atoms in total. The monoisotopic (exact) mass is 354 g/mol. The fourth-order valence-electron chi connectivity index (χ4n) is 2.18. The summed E-state index contributed by atoms with van der Waals surface area (Å²) in [6.07, 6.45) is 1.42. The van der Waals surface area contributed by atoms with Crippen molar-refractivity contribution in [2.75, 3.05) is 10.6 Å². The van der Waals surface area contributed by atoms with Crippen LogP contribution in [0.1, 0.15) is 48.5 Å². The smallest absolute Gasteiger partial charge is 0.274 e. The topological polar surface area (TPSA) is 100 Å². The lowest BCUT2D eigenvalue weighted by Gasteiger charge is -2.20. The summed E-state index contributed by atoms with van der Waals surface area (Å²) in [6.45, 7) is 7.04.